The van der Waals surface area contributed by atoms with Gasteiger partial charge in [-0.15, -0.1) is 0 Å². The highest BCUT2D eigenvalue weighted by Gasteiger charge is 2.39. The van der Waals surface area contributed by atoms with Crippen LogP contribution in [-0.2, 0) is 9.59 Å². The van der Waals surface area contributed by atoms with Crippen molar-refractivity contribution in [2.45, 2.75) is 37.9 Å². The van der Waals surface area contributed by atoms with Crippen LogP contribution in [0.1, 0.15) is 43.0 Å². The van der Waals surface area contributed by atoms with Gasteiger partial charge in [0, 0.05) is 25.4 Å². The highest BCUT2D eigenvalue weighted by atomic mass is 19.1. The molecule has 7 heteroatoms. The number of nitrogens with one attached hydrogen (secondary N) is 2. The molecule has 6 nitrogen and oxygen atoms in total. The fourth-order valence-electron chi connectivity index (χ4n) is 3.89. The molecule has 2 N–H and O–H groups in total. The molecule has 2 aliphatic heterocycles. The summed E-state index contributed by atoms with van der Waals surface area (Å²) in [7, 11) is 0. The van der Waals surface area contributed by atoms with E-state index in [1.807, 2.05) is 43.5 Å². The number of carbonyl (C=O) groups excluding carboxylic acids is 2. The number of halogens is 1. The molecule has 1 saturated heterocycles. The molecular weight excluding hydrogens is 383 g/mol. The minimum atomic E-state index is -0.337. The summed E-state index contributed by atoms with van der Waals surface area (Å²) in [5, 5.41) is 4.77. The second-order valence-corrected chi connectivity index (χ2v) is 7.67. The molecule has 0 bridgehead atoms. The van der Waals surface area contributed by atoms with Gasteiger partial charge in [0.2, 0.25) is 5.91 Å². The predicted octanol–water partition coefficient (Wildman–Crippen LogP) is 3.03. The van der Waals surface area contributed by atoms with Crippen molar-refractivity contribution in [3.8, 4) is 0 Å². The average Bonchev–Trinajstić information content (AvgIpc) is 3.19. The molecule has 3 atom stereocenters. The Morgan fingerprint density at radius 3 is 2.63 bits per heavy atom. The first-order chi connectivity index (χ1) is 14.5. The fourth-order valence-corrected chi connectivity index (χ4v) is 3.89. The molecule has 2 aromatic rings. The molecule has 2 amide bonds. The van der Waals surface area contributed by atoms with Crippen molar-refractivity contribution in [3.63, 3.8) is 0 Å². The second-order valence-electron chi connectivity index (χ2n) is 7.67. The third kappa shape index (κ3) is 4.36. The zero-order chi connectivity index (χ0) is 21.1. The molecule has 0 aromatic heterocycles. The van der Waals surface area contributed by atoms with E-state index < -0.39 is 0 Å². The van der Waals surface area contributed by atoms with Crippen molar-refractivity contribution in [2.24, 2.45) is 0 Å². The third-order valence-electron chi connectivity index (χ3n) is 5.60. The van der Waals surface area contributed by atoms with Crippen LogP contribution in [0.2, 0.25) is 0 Å². The summed E-state index contributed by atoms with van der Waals surface area (Å²) in [6, 6.07) is 15.6. The van der Waals surface area contributed by atoms with Crippen LogP contribution >= 0.6 is 0 Å². The summed E-state index contributed by atoms with van der Waals surface area (Å²) in [4.78, 5) is 26.8. The quantitative estimate of drug-likeness (QED) is 0.771. The van der Waals surface area contributed by atoms with Crippen LogP contribution < -0.4 is 10.7 Å². The van der Waals surface area contributed by atoms with Gasteiger partial charge in [-0.25, -0.2) is 9.82 Å². The van der Waals surface area contributed by atoms with Gasteiger partial charge in [-0.1, -0.05) is 42.5 Å². The van der Waals surface area contributed by atoms with Gasteiger partial charge in [-0.3, -0.25) is 9.59 Å². The summed E-state index contributed by atoms with van der Waals surface area (Å²) < 4.78 is 13.2. The normalized spacial score (nSPS) is 21.5. The van der Waals surface area contributed by atoms with Crippen molar-refractivity contribution < 1.29 is 14.0 Å². The zero-order valence-corrected chi connectivity index (χ0v) is 16.8. The molecule has 2 aliphatic rings. The summed E-state index contributed by atoms with van der Waals surface area (Å²) in [6.45, 7) is 2.27. The highest BCUT2D eigenvalue weighted by Crippen LogP contribution is 2.30. The Balaban J connectivity index is 1.31. The molecule has 1 fully saturated rings. The van der Waals surface area contributed by atoms with E-state index in [0.717, 1.165) is 11.1 Å². The zero-order valence-electron chi connectivity index (χ0n) is 16.8. The highest BCUT2D eigenvalue weighted by molar-refractivity contribution is 5.85. The first-order valence-electron chi connectivity index (χ1n) is 10.1. The van der Waals surface area contributed by atoms with E-state index in [1.165, 1.54) is 12.1 Å². The standard InChI is InChI=1S/C23H25FN4O2/c1-16(17-5-3-2-4-6-17)25-22(29)11-12-27-13-14-28-21(23(27)30)15-20(26-28)18-7-9-19(24)10-8-18/h2-10,13-14,16,20-21,26H,11-12,15H2,1H3,(H,25,29). The maximum atomic E-state index is 13.2. The lowest BCUT2D eigenvalue weighted by atomic mass is 10.0. The number of hydrogen-bond acceptors (Lipinski definition) is 4. The van der Waals surface area contributed by atoms with Crippen LogP contribution in [0.15, 0.2) is 67.0 Å². The maximum Gasteiger partial charge on any atom is 0.250 e. The first kappa shape index (κ1) is 20.1. The molecule has 156 valence electrons. The molecule has 30 heavy (non-hydrogen) atoms. The Labute approximate surface area is 175 Å². The van der Waals surface area contributed by atoms with E-state index in [-0.39, 0.29) is 42.2 Å². The molecule has 3 unspecified atom stereocenters. The monoisotopic (exact) mass is 408 g/mol. The summed E-state index contributed by atoms with van der Waals surface area (Å²) >= 11 is 0. The van der Waals surface area contributed by atoms with E-state index in [4.69, 9.17) is 0 Å². The predicted molar refractivity (Wildman–Crippen MR) is 111 cm³/mol. The topological polar surface area (TPSA) is 64.7 Å². The second kappa shape index (κ2) is 8.67. The molecule has 0 radical (unpaired) electrons. The van der Waals surface area contributed by atoms with E-state index in [0.29, 0.717) is 13.0 Å². The summed E-state index contributed by atoms with van der Waals surface area (Å²) in [5.41, 5.74) is 5.26. The lowest BCUT2D eigenvalue weighted by Gasteiger charge is -2.31. The number of rotatable bonds is 6. The van der Waals surface area contributed by atoms with Gasteiger partial charge in [0.1, 0.15) is 11.9 Å². The van der Waals surface area contributed by atoms with E-state index in [2.05, 4.69) is 10.7 Å². The van der Waals surface area contributed by atoms with Crippen molar-refractivity contribution in [1.82, 2.24) is 20.7 Å². The summed E-state index contributed by atoms with van der Waals surface area (Å²) in [6.07, 6.45) is 4.34. The average molecular weight is 408 g/mol. The SMILES string of the molecule is CC(NC(=O)CCN1C=CN2NC(c3ccc(F)cc3)CC2C1=O)c1ccccc1. The van der Waals surface area contributed by atoms with Crippen molar-refractivity contribution in [1.29, 1.82) is 0 Å². The number of nitrogens with zero attached hydrogens (tertiary/aromatic N) is 2. The van der Waals surface area contributed by atoms with Crippen LogP contribution in [0.3, 0.4) is 0 Å². The van der Waals surface area contributed by atoms with Gasteiger partial charge < -0.3 is 15.2 Å². The molecule has 0 aliphatic carbocycles. The Bertz CT molecular complexity index is 932. The van der Waals surface area contributed by atoms with Crippen molar-refractivity contribution in [3.05, 3.63) is 83.9 Å². The van der Waals surface area contributed by atoms with Gasteiger partial charge in [0.05, 0.1) is 12.1 Å². The molecular formula is C23H25FN4O2. The van der Waals surface area contributed by atoms with Gasteiger partial charge in [-0.2, -0.15) is 0 Å². The number of amides is 2. The lowest BCUT2D eigenvalue weighted by Crippen LogP contribution is -2.48. The van der Waals surface area contributed by atoms with E-state index in [9.17, 15) is 14.0 Å². The van der Waals surface area contributed by atoms with Gasteiger partial charge >= 0.3 is 0 Å². The van der Waals surface area contributed by atoms with Gasteiger partial charge in [0.15, 0.2) is 0 Å². The van der Waals surface area contributed by atoms with Gasteiger partial charge in [0.25, 0.3) is 5.91 Å². The first-order valence-corrected chi connectivity index (χ1v) is 10.1. The largest absolute Gasteiger partial charge is 0.350 e. The van der Waals surface area contributed by atoms with Crippen LogP contribution in [-0.4, -0.2) is 34.3 Å². The Morgan fingerprint density at radius 1 is 1.17 bits per heavy atom. The molecule has 2 aromatic carbocycles. The number of hydrogen-bond donors (Lipinski definition) is 2. The maximum absolute atomic E-state index is 13.2. The molecule has 2 heterocycles. The number of fused-ring (bicyclic) bond motifs is 1. The molecule has 4 rings (SSSR count). The van der Waals surface area contributed by atoms with E-state index >= 15 is 0 Å². The van der Waals surface area contributed by atoms with Crippen LogP contribution in [0.5, 0.6) is 0 Å². The van der Waals surface area contributed by atoms with Crippen LogP contribution in [0.25, 0.3) is 0 Å². The number of hydrazine groups is 1. The minimum absolute atomic E-state index is 0.0430. The van der Waals surface area contributed by atoms with Crippen molar-refractivity contribution >= 4 is 11.8 Å². The smallest absolute Gasteiger partial charge is 0.250 e. The molecule has 0 spiro atoms. The van der Waals surface area contributed by atoms with Crippen LogP contribution in [0.4, 0.5) is 4.39 Å². The number of carbonyl (C=O) groups is 2. The van der Waals surface area contributed by atoms with Gasteiger partial charge in [-0.05, 0) is 36.6 Å². The van der Waals surface area contributed by atoms with E-state index in [1.54, 1.807) is 28.2 Å². The minimum Gasteiger partial charge on any atom is -0.350 e. The lowest BCUT2D eigenvalue weighted by molar-refractivity contribution is -0.134. The Kier molecular flexibility index (Phi) is 5.81. The third-order valence-corrected chi connectivity index (χ3v) is 5.60. The van der Waals surface area contributed by atoms with Crippen LogP contribution in [0, 0.1) is 5.82 Å². The molecule has 0 saturated carbocycles. The fraction of sp³-hybridized carbons (Fsp3) is 0.304. The Hall–Kier alpha value is -3.19. The van der Waals surface area contributed by atoms with Crippen molar-refractivity contribution in [2.75, 3.05) is 6.54 Å². The summed E-state index contributed by atoms with van der Waals surface area (Å²) in [5.74, 6) is -0.418. The number of benzene rings is 2. The Morgan fingerprint density at radius 2 is 1.90 bits per heavy atom.